The molecule has 0 bridgehead atoms. The van der Waals surface area contributed by atoms with Gasteiger partial charge in [-0.2, -0.15) is 0 Å². The molecule has 12 rings (SSSR count). The maximum absolute atomic E-state index is 2.64. The average Bonchev–Trinajstić information content (AvgIpc) is 3.69. The Morgan fingerprint density at radius 3 is 1.30 bits per heavy atom. The van der Waals surface area contributed by atoms with Gasteiger partial charge in [0.15, 0.2) is 0 Å². The van der Waals surface area contributed by atoms with Crippen LogP contribution in [-0.2, 0) is 16.2 Å². The number of aromatic nitrogens is 2. The molecular formula is C54H47BN2. The summed E-state index contributed by atoms with van der Waals surface area (Å²) in [6.07, 6.45) is 0. The van der Waals surface area contributed by atoms with E-state index in [0.29, 0.717) is 0 Å². The summed E-state index contributed by atoms with van der Waals surface area (Å²) in [5.41, 5.74) is 16.3. The minimum atomic E-state index is -0.0336. The van der Waals surface area contributed by atoms with Gasteiger partial charge in [0.1, 0.15) is 0 Å². The van der Waals surface area contributed by atoms with Gasteiger partial charge >= 0.3 is 0 Å². The molecule has 0 fully saturated rings. The molecule has 0 N–H and O–H groups in total. The van der Waals surface area contributed by atoms with E-state index in [4.69, 9.17) is 0 Å². The van der Waals surface area contributed by atoms with Gasteiger partial charge in [0.2, 0.25) is 0 Å². The van der Waals surface area contributed by atoms with Crippen LogP contribution in [0.15, 0.2) is 121 Å². The third kappa shape index (κ3) is 4.27. The average molecular weight is 735 g/mol. The normalized spacial score (nSPS) is 14.0. The highest BCUT2D eigenvalue weighted by atomic mass is 15.0. The van der Waals surface area contributed by atoms with Crippen molar-refractivity contribution in [3.8, 4) is 11.4 Å². The van der Waals surface area contributed by atoms with E-state index in [1.165, 1.54) is 120 Å². The molecule has 276 valence electrons. The second-order valence-electron chi connectivity index (χ2n) is 20.2. The Labute approximate surface area is 334 Å². The molecule has 4 heterocycles. The van der Waals surface area contributed by atoms with Crippen LogP contribution in [0.5, 0.6) is 0 Å². The van der Waals surface area contributed by atoms with Crippen molar-refractivity contribution in [3.63, 3.8) is 0 Å². The SMILES string of the molecule is CC(C)(C)c1ccc2c(c1)c1cc(C(C)(C)C)cc3c1n2-c1cccc2c1B3c1cc(C(C)(C)C)cc3c4cc5c6ccccc6c6ccccc6c5cc4n-2c13. The van der Waals surface area contributed by atoms with Crippen LogP contribution in [0.2, 0.25) is 0 Å². The fourth-order valence-corrected chi connectivity index (χ4v) is 10.7. The van der Waals surface area contributed by atoms with Gasteiger partial charge in [-0.3, -0.25) is 0 Å². The van der Waals surface area contributed by atoms with Crippen LogP contribution in [-0.4, -0.2) is 15.8 Å². The van der Waals surface area contributed by atoms with Crippen LogP contribution in [0.1, 0.15) is 79.0 Å². The van der Waals surface area contributed by atoms with Crippen LogP contribution in [0.4, 0.5) is 0 Å². The number of rotatable bonds is 0. The van der Waals surface area contributed by atoms with E-state index in [1.54, 1.807) is 0 Å². The van der Waals surface area contributed by atoms with Gasteiger partial charge in [-0.1, -0.05) is 135 Å². The minimum Gasteiger partial charge on any atom is -0.310 e. The van der Waals surface area contributed by atoms with Gasteiger partial charge in [-0.25, -0.2) is 0 Å². The van der Waals surface area contributed by atoms with Gasteiger partial charge in [-0.15, -0.1) is 0 Å². The van der Waals surface area contributed by atoms with Crippen molar-refractivity contribution in [1.29, 1.82) is 0 Å². The lowest BCUT2D eigenvalue weighted by Gasteiger charge is -2.35. The molecule has 0 amide bonds. The summed E-state index contributed by atoms with van der Waals surface area (Å²) >= 11 is 0. The van der Waals surface area contributed by atoms with Gasteiger partial charge in [0.25, 0.3) is 6.71 Å². The monoisotopic (exact) mass is 734 g/mol. The Balaban J connectivity index is 1.30. The first kappa shape index (κ1) is 33.4. The predicted molar refractivity (Wildman–Crippen MR) is 248 cm³/mol. The molecule has 2 aromatic heterocycles. The zero-order chi connectivity index (χ0) is 39.1. The lowest BCUT2D eigenvalue weighted by molar-refractivity contribution is 0.590. The Morgan fingerprint density at radius 1 is 0.351 bits per heavy atom. The van der Waals surface area contributed by atoms with Crippen molar-refractivity contribution in [1.82, 2.24) is 9.13 Å². The van der Waals surface area contributed by atoms with E-state index in [-0.39, 0.29) is 23.0 Å². The number of benzene rings is 8. The van der Waals surface area contributed by atoms with Crippen molar-refractivity contribution in [3.05, 3.63) is 138 Å². The van der Waals surface area contributed by atoms with Crippen LogP contribution in [0.25, 0.3) is 87.3 Å². The molecule has 0 saturated carbocycles. The third-order valence-corrected chi connectivity index (χ3v) is 13.7. The van der Waals surface area contributed by atoms with E-state index in [1.807, 2.05) is 0 Å². The first-order chi connectivity index (χ1) is 27.2. The van der Waals surface area contributed by atoms with Crippen molar-refractivity contribution in [2.75, 3.05) is 0 Å². The molecule has 3 heteroatoms. The molecule has 2 aliphatic rings. The Morgan fingerprint density at radius 2 is 0.789 bits per heavy atom. The fraction of sp³-hybridized carbons (Fsp3) is 0.222. The van der Waals surface area contributed by atoms with Crippen molar-refractivity contribution >= 4 is 99.0 Å². The van der Waals surface area contributed by atoms with E-state index in [2.05, 4.69) is 193 Å². The molecule has 0 aliphatic carbocycles. The minimum absolute atomic E-state index is 0.0155. The molecule has 0 saturated heterocycles. The standard InChI is InChI=1S/C54H47BN2/c1-52(2,3)30-21-22-45-39(23-30)41-24-31(53(4,5)6)26-43-50(41)56(45)46-19-14-20-47-49(46)55(43)44-27-32(54(7,8)9)25-42-40-28-37-35-17-12-10-15-33(35)34-16-11-13-18-36(34)38(37)29-48(40)57(47)51(42)44/h10-29H,1-9H3. The largest absolute Gasteiger partial charge is 0.310 e. The summed E-state index contributed by atoms with van der Waals surface area (Å²) in [4.78, 5) is 0. The van der Waals surface area contributed by atoms with Crippen LogP contribution >= 0.6 is 0 Å². The quantitative estimate of drug-likeness (QED) is 0.108. The zero-order valence-electron chi connectivity index (χ0n) is 34.5. The molecular weight excluding hydrogens is 687 g/mol. The number of hydrogen-bond acceptors (Lipinski definition) is 0. The van der Waals surface area contributed by atoms with Crippen LogP contribution < -0.4 is 16.4 Å². The van der Waals surface area contributed by atoms with Crippen LogP contribution in [0, 0.1) is 0 Å². The number of fused-ring (bicyclic) bond motifs is 16. The van der Waals surface area contributed by atoms with E-state index in [9.17, 15) is 0 Å². The van der Waals surface area contributed by atoms with Gasteiger partial charge in [0, 0.05) is 44.0 Å². The first-order valence-corrected chi connectivity index (χ1v) is 20.8. The maximum Gasteiger partial charge on any atom is 0.252 e. The summed E-state index contributed by atoms with van der Waals surface area (Å²) in [5, 5.41) is 13.3. The molecule has 2 nitrogen and oxygen atoms in total. The highest BCUT2D eigenvalue weighted by Crippen LogP contribution is 2.45. The van der Waals surface area contributed by atoms with E-state index < -0.39 is 0 Å². The van der Waals surface area contributed by atoms with Gasteiger partial charge in [0.05, 0.1) is 11.0 Å². The molecule has 8 aromatic carbocycles. The van der Waals surface area contributed by atoms with E-state index in [0.717, 1.165) is 0 Å². The Hall–Kier alpha value is -5.80. The van der Waals surface area contributed by atoms with Crippen molar-refractivity contribution in [2.45, 2.75) is 78.6 Å². The highest BCUT2D eigenvalue weighted by Gasteiger charge is 2.42. The molecule has 10 aromatic rings. The summed E-state index contributed by atoms with van der Waals surface area (Å²) < 4.78 is 5.26. The molecule has 57 heavy (non-hydrogen) atoms. The molecule has 0 radical (unpaired) electrons. The zero-order valence-corrected chi connectivity index (χ0v) is 34.5. The molecule has 2 aliphatic heterocycles. The lowest BCUT2D eigenvalue weighted by Crippen LogP contribution is -2.59. The maximum atomic E-state index is 2.64. The number of nitrogens with zero attached hydrogens (tertiary/aromatic N) is 2. The summed E-state index contributed by atoms with van der Waals surface area (Å²) in [6.45, 7) is 21.3. The molecule has 0 spiro atoms. The predicted octanol–water partition coefficient (Wildman–Crippen LogP) is 12.4. The Bertz CT molecular complexity index is 3460. The highest BCUT2D eigenvalue weighted by molar-refractivity contribution is 7.00. The molecule has 0 unspecified atom stereocenters. The van der Waals surface area contributed by atoms with Gasteiger partial charge < -0.3 is 9.13 Å². The molecule has 0 atom stereocenters. The van der Waals surface area contributed by atoms with Crippen LogP contribution in [0.3, 0.4) is 0 Å². The summed E-state index contributed by atoms with van der Waals surface area (Å²) in [6, 6.07) is 47.6. The fourth-order valence-electron chi connectivity index (χ4n) is 10.7. The van der Waals surface area contributed by atoms with Crippen molar-refractivity contribution in [2.24, 2.45) is 0 Å². The summed E-state index contributed by atoms with van der Waals surface area (Å²) in [7, 11) is 0. The van der Waals surface area contributed by atoms with Gasteiger partial charge in [-0.05, 0) is 130 Å². The Kier molecular flexibility index (Phi) is 6.19. The van der Waals surface area contributed by atoms with E-state index >= 15 is 0 Å². The van der Waals surface area contributed by atoms with Crippen molar-refractivity contribution < 1.29 is 0 Å². The topological polar surface area (TPSA) is 9.86 Å². The second-order valence-corrected chi connectivity index (χ2v) is 20.2. The first-order valence-electron chi connectivity index (χ1n) is 20.8. The number of hydrogen-bond donors (Lipinski definition) is 0. The third-order valence-electron chi connectivity index (χ3n) is 13.7. The summed E-state index contributed by atoms with van der Waals surface area (Å²) in [5.74, 6) is 0. The second kappa shape index (κ2) is 10.6. The smallest absolute Gasteiger partial charge is 0.252 e. The lowest BCUT2D eigenvalue weighted by atomic mass is 9.34.